The predicted octanol–water partition coefficient (Wildman–Crippen LogP) is 2.68. The minimum Gasteiger partial charge on any atom is -0.435 e. The van der Waals surface area contributed by atoms with Crippen molar-refractivity contribution < 1.29 is 13.5 Å². The number of aromatic amines is 1. The summed E-state index contributed by atoms with van der Waals surface area (Å²) in [7, 11) is 0. The third-order valence-electron chi connectivity index (χ3n) is 1.89. The van der Waals surface area contributed by atoms with Gasteiger partial charge in [0.15, 0.2) is 0 Å². The molecule has 1 aromatic heterocycles. The summed E-state index contributed by atoms with van der Waals surface area (Å²) < 4.78 is 28.2. The van der Waals surface area contributed by atoms with Crippen LogP contribution in [0.5, 0.6) is 5.75 Å². The molecular weight excluding hydrogens is 202 g/mol. The Morgan fingerprint density at radius 3 is 2.80 bits per heavy atom. The standard InChI is InChI=1S/C10H8F2N2O/c11-10(12)15-9-3-1-2-7(4-9)8-5-13-14-6-8/h1-6,10H,(H,13,14). The maximum atomic E-state index is 12.0. The minimum atomic E-state index is -2.80. The second-order valence-corrected chi connectivity index (χ2v) is 2.89. The van der Waals surface area contributed by atoms with Crippen LogP contribution in [0.3, 0.4) is 0 Å². The van der Waals surface area contributed by atoms with E-state index in [0.29, 0.717) is 0 Å². The maximum absolute atomic E-state index is 12.0. The molecule has 78 valence electrons. The fourth-order valence-corrected chi connectivity index (χ4v) is 1.26. The molecule has 0 aliphatic rings. The number of nitrogens with one attached hydrogen (secondary N) is 1. The molecule has 0 amide bonds. The highest BCUT2D eigenvalue weighted by molar-refractivity contribution is 5.63. The number of benzene rings is 1. The Labute approximate surface area is 84.7 Å². The van der Waals surface area contributed by atoms with Gasteiger partial charge in [-0.05, 0) is 17.7 Å². The zero-order valence-corrected chi connectivity index (χ0v) is 7.65. The van der Waals surface area contributed by atoms with E-state index in [1.165, 1.54) is 12.1 Å². The van der Waals surface area contributed by atoms with E-state index >= 15 is 0 Å². The van der Waals surface area contributed by atoms with Gasteiger partial charge in [0.2, 0.25) is 0 Å². The largest absolute Gasteiger partial charge is 0.435 e. The number of rotatable bonds is 3. The average molecular weight is 210 g/mol. The Bertz CT molecular complexity index is 429. The van der Waals surface area contributed by atoms with Crippen LogP contribution in [-0.2, 0) is 0 Å². The van der Waals surface area contributed by atoms with Gasteiger partial charge in [0.1, 0.15) is 5.75 Å². The third kappa shape index (κ3) is 2.31. The molecular formula is C10H8F2N2O. The van der Waals surface area contributed by atoms with Crippen LogP contribution in [0, 0.1) is 0 Å². The van der Waals surface area contributed by atoms with Crippen LogP contribution in [0.2, 0.25) is 0 Å². The van der Waals surface area contributed by atoms with E-state index in [4.69, 9.17) is 0 Å². The molecule has 3 nitrogen and oxygen atoms in total. The predicted molar refractivity (Wildman–Crippen MR) is 50.7 cm³/mol. The molecule has 0 aliphatic carbocycles. The minimum absolute atomic E-state index is 0.142. The van der Waals surface area contributed by atoms with Gasteiger partial charge >= 0.3 is 6.61 Å². The number of hydrogen-bond acceptors (Lipinski definition) is 2. The zero-order valence-electron chi connectivity index (χ0n) is 7.65. The Balaban J connectivity index is 2.27. The van der Waals surface area contributed by atoms with Crippen molar-refractivity contribution >= 4 is 0 Å². The van der Waals surface area contributed by atoms with Gasteiger partial charge in [-0.3, -0.25) is 5.10 Å². The van der Waals surface area contributed by atoms with E-state index in [9.17, 15) is 8.78 Å². The van der Waals surface area contributed by atoms with Crippen LogP contribution in [-0.4, -0.2) is 16.8 Å². The van der Waals surface area contributed by atoms with Crippen molar-refractivity contribution in [2.24, 2.45) is 0 Å². The van der Waals surface area contributed by atoms with Crippen LogP contribution >= 0.6 is 0 Å². The second-order valence-electron chi connectivity index (χ2n) is 2.89. The Morgan fingerprint density at radius 1 is 1.27 bits per heavy atom. The summed E-state index contributed by atoms with van der Waals surface area (Å²) >= 11 is 0. The summed E-state index contributed by atoms with van der Waals surface area (Å²) in [6.07, 6.45) is 3.29. The molecule has 0 radical (unpaired) electrons. The molecule has 0 unspecified atom stereocenters. The quantitative estimate of drug-likeness (QED) is 0.845. The number of nitrogens with zero attached hydrogens (tertiary/aromatic N) is 1. The summed E-state index contributed by atoms with van der Waals surface area (Å²) in [5.41, 5.74) is 1.61. The molecule has 0 fully saturated rings. The van der Waals surface area contributed by atoms with Gasteiger partial charge in [-0.1, -0.05) is 12.1 Å². The highest BCUT2D eigenvalue weighted by Crippen LogP contribution is 2.23. The summed E-state index contributed by atoms with van der Waals surface area (Å²) in [5, 5.41) is 6.42. The van der Waals surface area contributed by atoms with Gasteiger partial charge in [0.05, 0.1) is 6.20 Å². The molecule has 1 aromatic carbocycles. The maximum Gasteiger partial charge on any atom is 0.387 e. The van der Waals surface area contributed by atoms with E-state index in [-0.39, 0.29) is 5.75 Å². The van der Waals surface area contributed by atoms with Crippen LogP contribution in [0.15, 0.2) is 36.7 Å². The monoisotopic (exact) mass is 210 g/mol. The molecule has 0 bridgehead atoms. The average Bonchev–Trinajstić information content (AvgIpc) is 2.69. The van der Waals surface area contributed by atoms with E-state index in [1.807, 2.05) is 0 Å². The van der Waals surface area contributed by atoms with Gasteiger partial charge in [-0.25, -0.2) is 0 Å². The lowest BCUT2D eigenvalue weighted by Crippen LogP contribution is -2.01. The van der Waals surface area contributed by atoms with E-state index in [0.717, 1.165) is 11.1 Å². The number of aromatic nitrogens is 2. The molecule has 2 aromatic rings. The highest BCUT2D eigenvalue weighted by atomic mass is 19.3. The molecule has 0 atom stereocenters. The van der Waals surface area contributed by atoms with Gasteiger partial charge < -0.3 is 4.74 Å². The SMILES string of the molecule is FC(F)Oc1cccc(-c2cn[nH]c2)c1. The van der Waals surface area contributed by atoms with Crippen molar-refractivity contribution in [3.63, 3.8) is 0 Å². The van der Waals surface area contributed by atoms with E-state index < -0.39 is 6.61 Å². The first kappa shape index (κ1) is 9.64. The van der Waals surface area contributed by atoms with Crippen LogP contribution in [0.25, 0.3) is 11.1 Å². The first-order valence-corrected chi connectivity index (χ1v) is 4.30. The lowest BCUT2D eigenvalue weighted by Gasteiger charge is -2.05. The molecule has 15 heavy (non-hydrogen) atoms. The number of halogens is 2. The summed E-state index contributed by atoms with van der Waals surface area (Å²) in [6.45, 7) is -2.80. The zero-order chi connectivity index (χ0) is 10.7. The van der Waals surface area contributed by atoms with Gasteiger partial charge in [-0.2, -0.15) is 13.9 Å². The second kappa shape index (κ2) is 4.08. The van der Waals surface area contributed by atoms with Crippen LogP contribution in [0.4, 0.5) is 8.78 Å². The fraction of sp³-hybridized carbons (Fsp3) is 0.100. The van der Waals surface area contributed by atoms with Crippen LogP contribution in [0.1, 0.15) is 0 Å². The Morgan fingerprint density at radius 2 is 2.13 bits per heavy atom. The third-order valence-corrected chi connectivity index (χ3v) is 1.89. The Kier molecular flexibility index (Phi) is 2.62. The summed E-state index contributed by atoms with van der Waals surface area (Å²) in [4.78, 5) is 0. The number of ether oxygens (including phenoxy) is 1. The van der Waals surface area contributed by atoms with Crippen molar-refractivity contribution in [1.29, 1.82) is 0 Å². The Hall–Kier alpha value is -1.91. The number of H-pyrrole nitrogens is 1. The molecule has 5 heteroatoms. The molecule has 1 N–H and O–H groups in total. The smallest absolute Gasteiger partial charge is 0.387 e. The summed E-state index contributed by atoms with van der Waals surface area (Å²) in [5.74, 6) is 0.142. The molecule has 0 saturated carbocycles. The van der Waals surface area contributed by atoms with Gasteiger partial charge in [0, 0.05) is 11.8 Å². The summed E-state index contributed by atoms with van der Waals surface area (Å²) in [6, 6.07) is 6.47. The fourth-order valence-electron chi connectivity index (χ4n) is 1.26. The number of alkyl halides is 2. The molecule has 0 aliphatic heterocycles. The normalized spacial score (nSPS) is 10.6. The first-order valence-electron chi connectivity index (χ1n) is 4.30. The lowest BCUT2D eigenvalue weighted by molar-refractivity contribution is -0.0498. The molecule has 0 spiro atoms. The molecule has 1 heterocycles. The first-order chi connectivity index (χ1) is 7.25. The highest BCUT2D eigenvalue weighted by Gasteiger charge is 2.05. The van der Waals surface area contributed by atoms with Gasteiger partial charge in [0.25, 0.3) is 0 Å². The molecule has 2 rings (SSSR count). The van der Waals surface area contributed by atoms with Crippen molar-refractivity contribution in [3.05, 3.63) is 36.7 Å². The van der Waals surface area contributed by atoms with Crippen molar-refractivity contribution in [3.8, 4) is 16.9 Å². The lowest BCUT2D eigenvalue weighted by atomic mass is 10.1. The van der Waals surface area contributed by atoms with Gasteiger partial charge in [-0.15, -0.1) is 0 Å². The topological polar surface area (TPSA) is 37.9 Å². The van der Waals surface area contributed by atoms with Crippen molar-refractivity contribution in [1.82, 2.24) is 10.2 Å². The van der Waals surface area contributed by atoms with Crippen molar-refractivity contribution in [2.45, 2.75) is 6.61 Å². The van der Waals surface area contributed by atoms with E-state index in [2.05, 4.69) is 14.9 Å². The number of hydrogen-bond donors (Lipinski definition) is 1. The van der Waals surface area contributed by atoms with Crippen molar-refractivity contribution in [2.75, 3.05) is 0 Å². The molecule has 0 saturated heterocycles. The van der Waals surface area contributed by atoms with E-state index in [1.54, 1.807) is 24.5 Å². The van der Waals surface area contributed by atoms with Crippen LogP contribution < -0.4 is 4.74 Å².